The van der Waals surface area contributed by atoms with Crippen molar-refractivity contribution in [2.24, 2.45) is 0 Å². The molecule has 1 amide bonds. The molecule has 29 heavy (non-hydrogen) atoms. The van der Waals surface area contributed by atoms with Crippen molar-refractivity contribution in [3.63, 3.8) is 0 Å². The third kappa shape index (κ3) is 3.73. The van der Waals surface area contributed by atoms with Crippen molar-refractivity contribution >= 4 is 29.1 Å². The van der Waals surface area contributed by atoms with Gasteiger partial charge in [-0.15, -0.1) is 0 Å². The summed E-state index contributed by atoms with van der Waals surface area (Å²) >= 11 is 5.92. The van der Waals surface area contributed by atoms with E-state index in [9.17, 15) is 19.8 Å². The van der Waals surface area contributed by atoms with E-state index in [4.69, 9.17) is 16.3 Å². The van der Waals surface area contributed by atoms with E-state index < -0.39 is 17.7 Å². The molecule has 6 nitrogen and oxygen atoms in total. The number of halogens is 1. The van der Waals surface area contributed by atoms with Crippen LogP contribution in [0.5, 0.6) is 5.75 Å². The lowest BCUT2D eigenvalue weighted by Crippen LogP contribution is -2.36. The van der Waals surface area contributed by atoms with E-state index in [1.165, 1.54) is 17.0 Å². The predicted octanol–water partition coefficient (Wildman–Crippen LogP) is 3.65. The number of carbonyl (C=O) groups excluding carboxylic acids is 2. The molecular formula is C22H20ClNO5. The zero-order valence-electron chi connectivity index (χ0n) is 15.5. The molecule has 0 unspecified atom stereocenters. The summed E-state index contributed by atoms with van der Waals surface area (Å²) < 4.78 is 5.66. The van der Waals surface area contributed by atoms with Gasteiger partial charge in [0.25, 0.3) is 11.7 Å². The average Bonchev–Trinajstić information content (AvgIpc) is 3.31. The van der Waals surface area contributed by atoms with Crippen LogP contribution in [0.3, 0.4) is 0 Å². The number of benzene rings is 2. The minimum absolute atomic E-state index is 0.0148. The summed E-state index contributed by atoms with van der Waals surface area (Å²) in [5.41, 5.74) is 1.03. The highest BCUT2D eigenvalue weighted by molar-refractivity contribution is 6.46. The van der Waals surface area contributed by atoms with Crippen molar-refractivity contribution in [3.05, 3.63) is 70.3 Å². The van der Waals surface area contributed by atoms with Gasteiger partial charge in [-0.3, -0.25) is 9.59 Å². The Labute approximate surface area is 173 Å². The minimum atomic E-state index is -0.768. The van der Waals surface area contributed by atoms with Crippen LogP contribution in [0.1, 0.15) is 30.0 Å². The third-order valence-corrected chi connectivity index (χ3v) is 5.54. The van der Waals surface area contributed by atoms with Crippen LogP contribution < -0.4 is 0 Å². The van der Waals surface area contributed by atoms with E-state index in [0.717, 1.165) is 12.8 Å². The molecule has 2 N–H and O–H groups in total. The highest BCUT2D eigenvalue weighted by Crippen LogP contribution is 2.40. The second-order valence-electron chi connectivity index (χ2n) is 7.18. The molecule has 2 aromatic rings. The molecule has 0 spiro atoms. The van der Waals surface area contributed by atoms with Crippen LogP contribution >= 0.6 is 11.6 Å². The molecule has 0 radical (unpaired) electrons. The number of hydrogen-bond donors (Lipinski definition) is 2. The first-order valence-electron chi connectivity index (χ1n) is 9.40. The smallest absolute Gasteiger partial charge is 0.295 e. The Morgan fingerprint density at radius 1 is 1.10 bits per heavy atom. The van der Waals surface area contributed by atoms with E-state index in [1.807, 2.05) is 0 Å². The van der Waals surface area contributed by atoms with Gasteiger partial charge in [-0.05, 0) is 54.8 Å². The van der Waals surface area contributed by atoms with Crippen molar-refractivity contribution in [2.75, 3.05) is 13.2 Å². The first-order valence-corrected chi connectivity index (χ1v) is 9.78. The van der Waals surface area contributed by atoms with Gasteiger partial charge in [0.15, 0.2) is 0 Å². The largest absolute Gasteiger partial charge is 0.508 e. The summed E-state index contributed by atoms with van der Waals surface area (Å²) in [6, 6.07) is 11.9. The maximum atomic E-state index is 12.9. The van der Waals surface area contributed by atoms with Crippen LogP contribution in [0.15, 0.2) is 54.1 Å². The first kappa shape index (κ1) is 19.5. The number of likely N-dealkylation sites (tertiary alicyclic amines) is 1. The van der Waals surface area contributed by atoms with E-state index in [1.54, 1.807) is 36.4 Å². The van der Waals surface area contributed by atoms with Crippen molar-refractivity contribution < 1.29 is 24.5 Å². The standard InChI is InChI=1S/C22H20ClNO5/c23-15-7-3-14(4-8-15)20(26)18-19(13-5-9-16(25)10-6-13)24(22(28)21(18)27)12-17-2-1-11-29-17/h3-10,17,19,25-26H,1-2,11-12H2/t17-,19-/m0/s1. The number of aliphatic hydroxyl groups is 1. The van der Waals surface area contributed by atoms with Crippen molar-refractivity contribution in [3.8, 4) is 5.75 Å². The molecule has 2 aliphatic heterocycles. The number of phenolic OH excluding ortho intramolecular Hbond substituents is 1. The normalized spacial score (nSPS) is 23.7. The lowest BCUT2D eigenvalue weighted by molar-refractivity contribution is -0.140. The quantitative estimate of drug-likeness (QED) is 0.454. The average molecular weight is 414 g/mol. The molecule has 2 heterocycles. The van der Waals surface area contributed by atoms with Crippen molar-refractivity contribution in [2.45, 2.75) is 25.0 Å². The molecule has 0 aliphatic carbocycles. The zero-order valence-corrected chi connectivity index (χ0v) is 16.3. The zero-order chi connectivity index (χ0) is 20.5. The van der Waals surface area contributed by atoms with Crippen LogP contribution in [0.25, 0.3) is 5.76 Å². The lowest BCUT2D eigenvalue weighted by atomic mass is 9.95. The summed E-state index contributed by atoms with van der Waals surface area (Å²) in [7, 11) is 0. The molecule has 7 heteroatoms. The maximum Gasteiger partial charge on any atom is 0.295 e. The van der Waals surface area contributed by atoms with E-state index in [2.05, 4.69) is 0 Å². The molecule has 150 valence electrons. The Kier molecular flexibility index (Phi) is 5.30. The van der Waals surface area contributed by atoms with E-state index >= 15 is 0 Å². The van der Waals surface area contributed by atoms with Crippen LogP contribution in [-0.4, -0.2) is 46.1 Å². The van der Waals surface area contributed by atoms with E-state index in [0.29, 0.717) is 22.8 Å². The van der Waals surface area contributed by atoms with Gasteiger partial charge < -0.3 is 19.8 Å². The highest BCUT2D eigenvalue weighted by Gasteiger charge is 2.47. The Balaban J connectivity index is 1.81. The fourth-order valence-corrected chi connectivity index (χ4v) is 3.97. The van der Waals surface area contributed by atoms with Gasteiger partial charge in [0, 0.05) is 23.7 Å². The second kappa shape index (κ2) is 7.89. The predicted molar refractivity (Wildman–Crippen MR) is 108 cm³/mol. The van der Waals surface area contributed by atoms with Gasteiger partial charge in [0.2, 0.25) is 0 Å². The van der Waals surface area contributed by atoms with Crippen LogP contribution in [0.2, 0.25) is 5.02 Å². The molecule has 2 saturated heterocycles. The molecule has 2 aliphatic rings. The number of nitrogens with zero attached hydrogens (tertiary/aromatic N) is 1. The Morgan fingerprint density at radius 2 is 1.79 bits per heavy atom. The molecule has 4 rings (SSSR count). The Bertz CT molecular complexity index is 962. The molecule has 0 bridgehead atoms. The van der Waals surface area contributed by atoms with Gasteiger partial charge in [-0.1, -0.05) is 23.7 Å². The molecule has 2 fully saturated rings. The number of aromatic hydroxyl groups is 1. The lowest BCUT2D eigenvalue weighted by Gasteiger charge is -2.27. The fourth-order valence-electron chi connectivity index (χ4n) is 3.84. The SMILES string of the molecule is O=C1C(=O)N(C[C@@H]2CCCO2)[C@@H](c2ccc(O)cc2)C1=C(O)c1ccc(Cl)cc1. The van der Waals surface area contributed by atoms with Crippen LogP contribution in [-0.2, 0) is 14.3 Å². The first-order chi connectivity index (χ1) is 14.0. The second-order valence-corrected chi connectivity index (χ2v) is 7.62. The fraction of sp³-hybridized carbons (Fsp3) is 0.273. The number of ether oxygens (including phenoxy) is 1. The molecule has 0 aromatic heterocycles. The number of amides is 1. The van der Waals surface area contributed by atoms with Crippen LogP contribution in [0, 0.1) is 0 Å². The number of phenols is 1. The number of ketones is 1. The Morgan fingerprint density at radius 3 is 2.41 bits per heavy atom. The van der Waals surface area contributed by atoms with Gasteiger partial charge in [0.05, 0.1) is 17.7 Å². The highest BCUT2D eigenvalue weighted by atomic mass is 35.5. The number of rotatable bonds is 4. The number of Topliss-reactive ketones (excluding diaryl/α,β-unsaturated/α-hetero) is 1. The molecule has 2 aromatic carbocycles. The monoisotopic (exact) mass is 413 g/mol. The Hall–Kier alpha value is -2.83. The van der Waals surface area contributed by atoms with Gasteiger partial charge in [-0.25, -0.2) is 0 Å². The number of aliphatic hydroxyl groups excluding tert-OH is 1. The number of hydrogen-bond acceptors (Lipinski definition) is 5. The summed E-state index contributed by atoms with van der Waals surface area (Å²) in [6.45, 7) is 0.886. The summed E-state index contributed by atoms with van der Waals surface area (Å²) in [4.78, 5) is 27.2. The van der Waals surface area contributed by atoms with Gasteiger partial charge in [0.1, 0.15) is 11.5 Å². The molecule has 0 saturated carbocycles. The summed E-state index contributed by atoms with van der Waals surface area (Å²) in [6.07, 6.45) is 1.56. The topological polar surface area (TPSA) is 87.1 Å². The summed E-state index contributed by atoms with van der Waals surface area (Å²) in [5.74, 6) is -1.60. The minimum Gasteiger partial charge on any atom is -0.508 e. The molecule has 2 atom stereocenters. The van der Waals surface area contributed by atoms with Crippen LogP contribution in [0.4, 0.5) is 0 Å². The van der Waals surface area contributed by atoms with Crippen molar-refractivity contribution in [1.82, 2.24) is 4.90 Å². The van der Waals surface area contributed by atoms with Gasteiger partial charge in [-0.2, -0.15) is 0 Å². The summed E-state index contributed by atoms with van der Waals surface area (Å²) in [5, 5.41) is 21.1. The maximum absolute atomic E-state index is 12.9. The third-order valence-electron chi connectivity index (χ3n) is 5.29. The molecular weight excluding hydrogens is 394 g/mol. The number of carbonyl (C=O) groups is 2. The van der Waals surface area contributed by atoms with E-state index in [-0.39, 0.29) is 29.7 Å². The van der Waals surface area contributed by atoms with Gasteiger partial charge >= 0.3 is 0 Å². The van der Waals surface area contributed by atoms with Crippen molar-refractivity contribution in [1.29, 1.82) is 0 Å².